The van der Waals surface area contributed by atoms with Gasteiger partial charge in [0, 0.05) is 5.56 Å². The molecule has 0 saturated heterocycles. The summed E-state index contributed by atoms with van der Waals surface area (Å²) in [7, 11) is 0. The van der Waals surface area contributed by atoms with Crippen molar-refractivity contribution in [2.75, 3.05) is 0 Å². The molecule has 20 heavy (non-hydrogen) atoms. The number of rotatable bonds is 4. The van der Waals surface area contributed by atoms with E-state index in [1.165, 1.54) is 0 Å². The quantitative estimate of drug-likeness (QED) is 0.857. The Hall–Kier alpha value is -1.84. The monoisotopic (exact) mass is 276 g/mol. The van der Waals surface area contributed by atoms with E-state index in [4.69, 9.17) is 4.74 Å². The maximum absolute atomic E-state index is 11.8. The third-order valence-corrected chi connectivity index (χ3v) is 3.72. The molecule has 0 aliphatic carbocycles. The van der Waals surface area contributed by atoms with E-state index in [-0.39, 0.29) is 30.8 Å². The highest BCUT2D eigenvalue weighted by Gasteiger charge is 2.30. The molecule has 0 radical (unpaired) electrons. The maximum atomic E-state index is 11.8. The lowest BCUT2D eigenvalue weighted by atomic mass is 9.82. The van der Waals surface area contributed by atoms with E-state index in [0.717, 1.165) is 22.3 Å². The zero-order chi connectivity index (χ0) is 15.0. The molecule has 1 aromatic carbocycles. The Kier molecular flexibility index (Phi) is 3.84. The number of hydrogen-bond acceptors (Lipinski definition) is 3. The summed E-state index contributed by atoms with van der Waals surface area (Å²) in [5, 5.41) is 9.18. The summed E-state index contributed by atoms with van der Waals surface area (Å²) in [5.41, 5.74) is 4.23. The molecule has 0 unspecified atom stereocenters. The van der Waals surface area contributed by atoms with Crippen molar-refractivity contribution in [3.05, 3.63) is 33.9 Å². The molecule has 1 aliphatic rings. The van der Waals surface area contributed by atoms with Gasteiger partial charge in [-0.25, -0.2) is 4.79 Å². The molecule has 2 rings (SSSR count). The van der Waals surface area contributed by atoms with Crippen LogP contribution in [0.5, 0.6) is 0 Å². The molecule has 4 nitrogen and oxygen atoms in total. The van der Waals surface area contributed by atoms with Crippen molar-refractivity contribution in [3.8, 4) is 0 Å². The Balaban J connectivity index is 2.75. The molecule has 0 saturated carbocycles. The molecule has 0 atom stereocenters. The lowest BCUT2D eigenvalue weighted by Gasteiger charge is -2.21. The van der Waals surface area contributed by atoms with Crippen LogP contribution in [0.25, 0.3) is 0 Å². The number of carbonyl (C=O) groups is 2. The average molecular weight is 276 g/mol. The minimum atomic E-state index is -0.848. The predicted octanol–water partition coefficient (Wildman–Crippen LogP) is 3.23. The summed E-state index contributed by atoms with van der Waals surface area (Å²) >= 11 is 0. The van der Waals surface area contributed by atoms with E-state index >= 15 is 0 Å². The fourth-order valence-electron chi connectivity index (χ4n) is 2.93. The van der Waals surface area contributed by atoms with Crippen molar-refractivity contribution in [2.45, 2.75) is 52.6 Å². The predicted molar refractivity (Wildman–Crippen MR) is 75.1 cm³/mol. The van der Waals surface area contributed by atoms with Gasteiger partial charge in [-0.15, -0.1) is 0 Å². The van der Waals surface area contributed by atoms with Crippen LogP contribution in [0.4, 0.5) is 0 Å². The Morgan fingerprint density at radius 1 is 1.30 bits per heavy atom. The van der Waals surface area contributed by atoms with E-state index in [1.54, 1.807) is 0 Å². The first-order valence-electron chi connectivity index (χ1n) is 6.90. The van der Waals surface area contributed by atoms with Gasteiger partial charge in [0.2, 0.25) is 0 Å². The Morgan fingerprint density at radius 2 is 1.95 bits per heavy atom. The van der Waals surface area contributed by atoms with Crippen LogP contribution in [-0.4, -0.2) is 17.0 Å². The lowest BCUT2D eigenvalue weighted by molar-refractivity contribution is -0.136. The molecule has 108 valence electrons. The second-order valence-electron chi connectivity index (χ2n) is 5.84. The summed E-state index contributed by atoms with van der Waals surface area (Å²) in [6.07, 6.45) is -0.0114. The second kappa shape index (κ2) is 5.27. The largest absolute Gasteiger partial charge is 0.481 e. The van der Waals surface area contributed by atoms with Crippen molar-refractivity contribution in [2.24, 2.45) is 0 Å². The molecule has 0 bridgehead atoms. The van der Waals surface area contributed by atoms with Gasteiger partial charge in [0.25, 0.3) is 0 Å². The SMILES string of the molecule is CC(C)c1cc2c(c(C(C)C)c1CC(=O)O)COC2=O. The summed E-state index contributed by atoms with van der Waals surface area (Å²) in [4.78, 5) is 23.0. The van der Waals surface area contributed by atoms with Crippen LogP contribution in [0, 0.1) is 0 Å². The average Bonchev–Trinajstić information content (AvgIpc) is 2.68. The zero-order valence-corrected chi connectivity index (χ0v) is 12.3. The number of fused-ring (bicyclic) bond motifs is 1. The van der Waals surface area contributed by atoms with Gasteiger partial charge in [-0.05, 0) is 34.6 Å². The first kappa shape index (κ1) is 14.6. The highest BCUT2D eigenvalue weighted by Crippen LogP contribution is 2.36. The van der Waals surface area contributed by atoms with Crippen LogP contribution in [0.3, 0.4) is 0 Å². The number of carbonyl (C=O) groups excluding carboxylic acids is 1. The van der Waals surface area contributed by atoms with Gasteiger partial charge in [0.1, 0.15) is 6.61 Å². The Labute approximate surface area is 118 Å². The van der Waals surface area contributed by atoms with E-state index in [2.05, 4.69) is 0 Å². The number of ether oxygens (including phenoxy) is 1. The van der Waals surface area contributed by atoms with Gasteiger partial charge in [0.05, 0.1) is 12.0 Å². The number of hydrogen-bond donors (Lipinski definition) is 1. The van der Waals surface area contributed by atoms with Crippen LogP contribution in [0.15, 0.2) is 6.07 Å². The van der Waals surface area contributed by atoms with Crippen LogP contribution in [-0.2, 0) is 22.6 Å². The molecule has 0 amide bonds. The van der Waals surface area contributed by atoms with Gasteiger partial charge >= 0.3 is 11.9 Å². The zero-order valence-electron chi connectivity index (χ0n) is 12.3. The topological polar surface area (TPSA) is 63.6 Å². The van der Waals surface area contributed by atoms with Crippen LogP contribution in [0.2, 0.25) is 0 Å². The maximum Gasteiger partial charge on any atom is 0.338 e. The molecule has 1 aromatic rings. The number of carboxylic acid groups (broad SMARTS) is 1. The number of benzene rings is 1. The molecule has 0 aromatic heterocycles. The van der Waals surface area contributed by atoms with E-state index in [1.807, 2.05) is 33.8 Å². The Bertz CT molecular complexity index is 570. The molecule has 1 heterocycles. The summed E-state index contributed by atoms with van der Waals surface area (Å²) in [6, 6.07) is 1.82. The summed E-state index contributed by atoms with van der Waals surface area (Å²) < 4.78 is 5.12. The lowest BCUT2D eigenvalue weighted by Crippen LogP contribution is -2.13. The van der Waals surface area contributed by atoms with E-state index in [9.17, 15) is 14.7 Å². The molecule has 1 N–H and O–H groups in total. The first-order valence-corrected chi connectivity index (χ1v) is 6.90. The number of cyclic esters (lactones) is 1. The molecule has 1 aliphatic heterocycles. The van der Waals surface area contributed by atoms with Gasteiger partial charge in [-0.2, -0.15) is 0 Å². The molecule has 0 fully saturated rings. The summed E-state index contributed by atoms with van der Waals surface area (Å²) in [6.45, 7) is 8.32. The molecular formula is C16H20O4. The minimum Gasteiger partial charge on any atom is -0.481 e. The standard InChI is InChI=1S/C16H20O4/c1-8(2)10-5-12-13(7-20-16(12)19)15(9(3)4)11(10)6-14(17)18/h5,8-9H,6-7H2,1-4H3,(H,17,18). The van der Waals surface area contributed by atoms with Crippen LogP contribution in [0.1, 0.15) is 72.1 Å². The van der Waals surface area contributed by atoms with Crippen LogP contribution < -0.4 is 0 Å². The van der Waals surface area contributed by atoms with Gasteiger partial charge < -0.3 is 9.84 Å². The number of carboxylic acids is 1. The molecular weight excluding hydrogens is 256 g/mol. The van der Waals surface area contributed by atoms with E-state index < -0.39 is 5.97 Å². The van der Waals surface area contributed by atoms with Crippen molar-refractivity contribution in [1.29, 1.82) is 0 Å². The second-order valence-corrected chi connectivity index (χ2v) is 5.84. The highest BCUT2D eigenvalue weighted by molar-refractivity contribution is 5.94. The van der Waals surface area contributed by atoms with Crippen molar-refractivity contribution in [1.82, 2.24) is 0 Å². The highest BCUT2D eigenvalue weighted by atomic mass is 16.5. The van der Waals surface area contributed by atoms with Gasteiger partial charge in [-0.3, -0.25) is 4.79 Å². The smallest absolute Gasteiger partial charge is 0.338 e. The number of esters is 1. The van der Waals surface area contributed by atoms with Crippen molar-refractivity contribution >= 4 is 11.9 Å². The fourth-order valence-corrected chi connectivity index (χ4v) is 2.93. The summed E-state index contributed by atoms with van der Waals surface area (Å²) in [5.74, 6) is -0.823. The normalized spacial score (nSPS) is 13.8. The fraction of sp³-hybridized carbons (Fsp3) is 0.500. The first-order chi connectivity index (χ1) is 9.32. The van der Waals surface area contributed by atoms with Crippen molar-refractivity contribution in [3.63, 3.8) is 0 Å². The van der Waals surface area contributed by atoms with Gasteiger partial charge in [0.15, 0.2) is 0 Å². The Morgan fingerprint density at radius 3 is 2.45 bits per heavy atom. The van der Waals surface area contributed by atoms with E-state index in [0.29, 0.717) is 5.56 Å². The minimum absolute atomic E-state index is 0.0114. The third kappa shape index (κ3) is 2.42. The van der Waals surface area contributed by atoms with Gasteiger partial charge in [-0.1, -0.05) is 27.7 Å². The number of aliphatic carboxylic acids is 1. The van der Waals surface area contributed by atoms with Crippen LogP contribution >= 0.6 is 0 Å². The third-order valence-electron chi connectivity index (χ3n) is 3.72. The van der Waals surface area contributed by atoms with Crippen molar-refractivity contribution < 1.29 is 19.4 Å². The molecule has 0 spiro atoms. The molecule has 4 heteroatoms.